The van der Waals surface area contributed by atoms with E-state index in [1.54, 1.807) is 18.2 Å². The van der Waals surface area contributed by atoms with Crippen LogP contribution in [-0.2, 0) is 4.79 Å². The lowest BCUT2D eigenvalue weighted by Crippen LogP contribution is -2.29. The molecule has 0 saturated heterocycles. The lowest BCUT2D eigenvalue weighted by Gasteiger charge is -2.13. The van der Waals surface area contributed by atoms with Gasteiger partial charge in [-0.2, -0.15) is 0 Å². The molecule has 1 aliphatic heterocycles. The van der Waals surface area contributed by atoms with Crippen LogP contribution in [0, 0.1) is 6.92 Å². The number of benzene rings is 3. The number of thioether (sulfide) groups is 1. The van der Waals surface area contributed by atoms with Crippen LogP contribution in [0.2, 0.25) is 0 Å². The molecule has 5 rings (SSSR count). The molecule has 0 fully saturated rings. The molecule has 1 aromatic heterocycles. The lowest BCUT2D eigenvalue weighted by atomic mass is 10.1. The van der Waals surface area contributed by atoms with Crippen LogP contribution in [0.3, 0.4) is 0 Å². The summed E-state index contributed by atoms with van der Waals surface area (Å²) < 4.78 is 3.84. The quantitative estimate of drug-likeness (QED) is 0.0959. The standard InChI is InChI=1S/C24H13Br4N3O3S2/c1-10-3-2-4-11(7-10)29-15(32)9-35-24-30-13-6-5-12(8-14(13)36-24)31-22(33)16-17(23(31)34)19(26)21(28)20(27)18(16)25/h2-8H,9H2,1H3,(H,29,32). The van der Waals surface area contributed by atoms with Crippen molar-refractivity contribution >= 4 is 126 Å². The minimum atomic E-state index is -0.415. The number of imide groups is 1. The Morgan fingerprint density at radius 2 is 1.64 bits per heavy atom. The zero-order valence-corrected chi connectivity index (χ0v) is 26.2. The molecule has 4 aromatic rings. The monoisotopic (exact) mass is 771 g/mol. The van der Waals surface area contributed by atoms with Crippen LogP contribution >= 0.6 is 86.8 Å². The van der Waals surface area contributed by atoms with E-state index in [4.69, 9.17) is 0 Å². The number of carbonyl (C=O) groups is 3. The van der Waals surface area contributed by atoms with E-state index in [1.807, 2.05) is 31.2 Å². The molecule has 0 aliphatic carbocycles. The molecular weight excluding hydrogens is 762 g/mol. The number of amides is 3. The Bertz CT molecular complexity index is 1560. The molecule has 0 atom stereocenters. The van der Waals surface area contributed by atoms with Crippen LogP contribution in [0.5, 0.6) is 0 Å². The number of carbonyl (C=O) groups excluding carboxylic acids is 3. The van der Waals surface area contributed by atoms with E-state index in [0.29, 0.717) is 34.7 Å². The molecule has 6 nitrogen and oxygen atoms in total. The summed E-state index contributed by atoms with van der Waals surface area (Å²) in [4.78, 5) is 44.7. The van der Waals surface area contributed by atoms with Gasteiger partial charge in [-0.15, -0.1) is 11.3 Å². The number of rotatable bonds is 5. The van der Waals surface area contributed by atoms with Gasteiger partial charge in [0, 0.05) is 23.6 Å². The number of aromatic nitrogens is 1. The predicted octanol–water partition coefficient (Wildman–Crippen LogP) is 8.19. The number of anilines is 2. The first-order chi connectivity index (χ1) is 17.2. The summed E-state index contributed by atoms with van der Waals surface area (Å²) in [5.41, 5.74) is 3.60. The molecule has 1 N–H and O–H groups in total. The maximum atomic E-state index is 13.3. The molecule has 0 saturated carbocycles. The van der Waals surface area contributed by atoms with E-state index in [0.717, 1.165) is 25.8 Å². The molecule has 0 spiro atoms. The van der Waals surface area contributed by atoms with Crippen molar-refractivity contribution < 1.29 is 14.4 Å². The first kappa shape index (κ1) is 26.1. The van der Waals surface area contributed by atoms with E-state index < -0.39 is 11.8 Å². The topological polar surface area (TPSA) is 79.4 Å². The summed E-state index contributed by atoms with van der Waals surface area (Å²) in [6, 6.07) is 12.9. The molecule has 2 heterocycles. The molecule has 12 heteroatoms. The molecule has 1 aliphatic rings. The number of nitrogens with one attached hydrogen (secondary N) is 1. The largest absolute Gasteiger partial charge is 0.325 e. The highest BCUT2D eigenvalue weighted by molar-refractivity contribution is 9.15. The average Bonchev–Trinajstić information content (AvgIpc) is 3.37. The van der Waals surface area contributed by atoms with Gasteiger partial charge in [-0.25, -0.2) is 9.88 Å². The van der Waals surface area contributed by atoms with Gasteiger partial charge in [0.25, 0.3) is 11.8 Å². The summed E-state index contributed by atoms with van der Waals surface area (Å²) >= 11 is 16.5. The second-order valence-corrected chi connectivity index (χ2v) is 13.2. The van der Waals surface area contributed by atoms with Crippen LogP contribution in [0.1, 0.15) is 26.3 Å². The van der Waals surface area contributed by atoms with Gasteiger partial charge < -0.3 is 5.32 Å². The van der Waals surface area contributed by atoms with Crippen molar-refractivity contribution in [2.45, 2.75) is 11.3 Å². The van der Waals surface area contributed by atoms with E-state index >= 15 is 0 Å². The van der Waals surface area contributed by atoms with Crippen LogP contribution in [0.15, 0.2) is 64.7 Å². The van der Waals surface area contributed by atoms with E-state index in [-0.39, 0.29) is 11.7 Å². The van der Waals surface area contributed by atoms with Crippen molar-refractivity contribution in [3.63, 3.8) is 0 Å². The van der Waals surface area contributed by atoms with Gasteiger partial charge in [0.15, 0.2) is 4.34 Å². The Balaban J connectivity index is 1.37. The number of thiazole rings is 1. The van der Waals surface area contributed by atoms with Gasteiger partial charge in [-0.05, 0) is 107 Å². The van der Waals surface area contributed by atoms with Crippen LogP contribution in [-0.4, -0.2) is 28.5 Å². The molecule has 36 heavy (non-hydrogen) atoms. The summed E-state index contributed by atoms with van der Waals surface area (Å²) in [7, 11) is 0. The van der Waals surface area contributed by atoms with Gasteiger partial charge in [0.1, 0.15) is 0 Å². The van der Waals surface area contributed by atoms with Gasteiger partial charge in [0.05, 0.1) is 32.8 Å². The highest BCUT2D eigenvalue weighted by Gasteiger charge is 2.42. The maximum absolute atomic E-state index is 13.3. The van der Waals surface area contributed by atoms with Gasteiger partial charge in [-0.1, -0.05) is 23.9 Å². The smallest absolute Gasteiger partial charge is 0.267 e. The third-order valence-corrected chi connectivity index (χ3v) is 12.3. The van der Waals surface area contributed by atoms with Crippen molar-refractivity contribution in [3.05, 3.63) is 77.0 Å². The van der Waals surface area contributed by atoms with Crippen molar-refractivity contribution in [1.82, 2.24) is 4.98 Å². The van der Waals surface area contributed by atoms with Gasteiger partial charge >= 0.3 is 0 Å². The third kappa shape index (κ3) is 4.71. The van der Waals surface area contributed by atoms with Crippen molar-refractivity contribution in [1.29, 1.82) is 0 Å². The minimum absolute atomic E-state index is 0.120. The predicted molar refractivity (Wildman–Crippen MR) is 159 cm³/mol. The highest BCUT2D eigenvalue weighted by atomic mass is 79.9. The Hall–Kier alpha value is -1.57. The Morgan fingerprint density at radius 1 is 0.972 bits per heavy atom. The van der Waals surface area contributed by atoms with Crippen LogP contribution < -0.4 is 10.2 Å². The van der Waals surface area contributed by atoms with Crippen molar-refractivity contribution in [3.8, 4) is 0 Å². The van der Waals surface area contributed by atoms with Crippen LogP contribution in [0.4, 0.5) is 11.4 Å². The normalized spacial score (nSPS) is 13.0. The first-order valence-corrected chi connectivity index (χ1v) is 15.3. The number of fused-ring (bicyclic) bond motifs is 2. The molecular formula is C24H13Br4N3O3S2. The Morgan fingerprint density at radius 3 is 2.28 bits per heavy atom. The van der Waals surface area contributed by atoms with Crippen molar-refractivity contribution in [2.75, 3.05) is 16.0 Å². The molecule has 3 aromatic carbocycles. The fourth-order valence-electron chi connectivity index (χ4n) is 3.72. The second kappa shape index (κ2) is 10.3. The first-order valence-electron chi connectivity index (χ1n) is 10.3. The molecule has 0 radical (unpaired) electrons. The van der Waals surface area contributed by atoms with E-state index in [2.05, 4.69) is 74.0 Å². The minimum Gasteiger partial charge on any atom is -0.325 e. The second-order valence-electron chi connectivity index (χ2n) is 7.79. The van der Waals surface area contributed by atoms with Gasteiger partial charge in [-0.3, -0.25) is 14.4 Å². The number of aryl methyl sites for hydroxylation is 1. The fraction of sp³-hybridized carbons (Fsp3) is 0.0833. The highest BCUT2D eigenvalue weighted by Crippen LogP contribution is 2.46. The SMILES string of the molecule is Cc1cccc(NC(=O)CSc2nc3ccc(N4C(=O)c5c(Br)c(Br)c(Br)c(Br)c5C4=O)cc3s2)c1. The molecule has 0 unspecified atom stereocenters. The van der Waals surface area contributed by atoms with E-state index in [9.17, 15) is 14.4 Å². The number of hydrogen-bond donors (Lipinski definition) is 1. The zero-order chi connectivity index (χ0) is 25.7. The van der Waals surface area contributed by atoms with Crippen molar-refractivity contribution in [2.24, 2.45) is 0 Å². The Kier molecular flexibility index (Phi) is 7.45. The van der Waals surface area contributed by atoms with E-state index in [1.165, 1.54) is 28.0 Å². The number of nitrogens with zero attached hydrogens (tertiary/aromatic N) is 2. The summed E-state index contributed by atoms with van der Waals surface area (Å²) in [6.45, 7) is 1.97. The maximum Gasteiger partial charge on any atom is 0.267 e. The number of halogens is 4. The third-order valence-electron chi connectivity index (χ3n) is 5.34. The lowest BCUT2D eigenvalue weighted by molar-refractivity contribution is -0.113. The summed E-state index contributed by atoms with van der Waals surface area (Å²) in [5, 5.41) is 2.89. The molecule has 3 amide bonds. The number of hydrogen-bond acceptors (Lipinski definition) is 6. The summed E-state index contributed by atoms with van der Waals surface area (Å²) in [5.74, 6) is -0.737. The van der Waals surface area contributed by atoms with Crippen LogP contribution in [0.25, 0.3) is 10.2 Å². The molecule has 0 bridgehead atoms. The Labute approximate surface area is 247 Å². The molecule has 182 valence electrons. The zero-order valence-electron chi connectivity index (χ0n) is 18.2. The fourth-order valence-corrected chi connectivity index (χ4v) is 8.08. The summed E-state index contributed by atoms with van der Waals surface area (Å²) in [6.07, 6.45) is 0. The van der Waals surface area contributed by atoms with Gasteiger partial charge in [0.2, 0.25) is 5.91 Å². The average molecular weight is 775 g/mol.